The van der Waals surface area contributed by atoms with Crippen molar-refractivity contribution in [2.45, 2.75) is 56.7 Å². The Kier molecular flexibility index (Phi) is 4.47. The van der Waals surface area contributed by atoms with Crippen LogP contribution in [0.15, 0.2) is 34.3 Å². The number of hydrogen-bond donors (Lipinski definition) is 2. The number of imidazole rings is 1. The first-order chi connectivity index (χ1) is 13.7. The topological polar surface area (TPSA) is 74.8 Å². The quantitative estimate of drug-likeness (QED) is 0.854. The lowest BCUT2D eigenvalue weighted by Crippen LogP contribution is -2.39. The number of aromatic nitrogens is 2. The predicted molar refractivity (Wildman–Crippen MR) is 106 cm³/mol. The number of aliphatic imine (C=N–C) groups is 2. The zero-order chi connectivity index (χ0) is 19.1. The van der Waals surface area contributed by atoms with Crippen molar-refractivity contribution in [1.29, 1.82) is 0 Å². The third kappa shape index (κ3) is 3.03. The van der Waals surface area contributed by atoms with Crippen molar-refractivity contribution < 1.29 is 9.50 Å². The number of rotatable bonds is 4. The number of aliphatic hydroxyl groups is 1. The van der Waals surface area contributed by atoms with Crippen LogP contribution in [0, 0.1) is 5.82 Å². The zero-order valence-corrected chi connectivity index (χ0v) is 15.7. The molecule has 1 aromatic carbocycles. The molecule has 0 spiro atoms. The molecule has 28 heavy (non-hydrogen) atoms. The summed E-state index contributed by atoms with van der Waals surface area (Å²) in [5.41, 5.74) is 2.71. The van der Waals surface area contributed by atoms with Crippen molar-refractivity contribution in [2.75, 3.05) is 6.61 Å². The number of guanidine groups is 1. The molecule has 3 heterocycles. The van der Waals surface area contributed by atoms with E-state index in [9.17, 15) is 9.50 Å². The Bertz CT molecular complexity index is 929. The molecule has 0 bridgehead atoms. The molecule has 2 N–H and O–H groups in total. The predicted octanol–water partition coefficient (Wildman–Crippen LogP) is 3.18. The van der Waals surface area contributed by atoms with Crippen LogP contribution < -0.4 is 5.32 Å². The third-order valence-corrected chi connectivity index (χ3v) is 5.99. The summed E-state index contributed by atoms with van der Waals surface area (Å²) in [5.74, 6) is 1.39. The summed E-state index contributed by atoms with van der Waals surface area (Å²) < 4.78 is 15.6. The molecular weight excluding hydrogens is 357 g/mol. The van der Waals surface area contributed by atoms with E-state index in [1.54, 1.807) is 12.1 Å². The number of benzene rings is 1. The molecule has 2 aromatic rings. The summed E-state index contributed by atoms with van der Waals surface area (Å²) in [6.45, 7) is 0.0803. The van der Waals surface area contributed by atoms with Gasteiger partial charge in [-0.15, -0.1) is 0 Å². The van der Waals surface area contributed by atoms with E-state index in [1.165, 1.54) is 18.6 Å². The van der Waals surface area contributed by atoms with Crippen LogP contribution in [0.1, 0.15) is 55.7 Å². The SMILES string of the molecule is OCC1CCc2nc(-c3ccc(F)cc3)c(C3CC=NC(NC4CCC4)=N3)n21. The molecule has 0 saturated heterocycles. The lowest BCUT2D eigenvalue weighted by atomic mass is 9.93. The van der Waals surface area contributed by atoms with Crippen LogP contribution in [0.2, 0.25) is 0 Å². The second kappa shape index (κ2) is 7.13. The van der Waals surface area contributed by atoms with Crippen molar-refractivity contribution in [3.8, 4) is 11.3 Å². The lowest BCUT2D eigenvalue weighted by molar-refractivity contribution is 0.230. The van der Waals surface area contributed by atoms with Crippen LogP contribution in [-0.4, -0.2) is 39.5 Å². The maximum atomic E-state index is 13.4. The molecule has 146 valence electrons. The van der Waals surface area contributed by atoms with E-state index in [4.69, 9.17) is 9.98 Å². The molecule has 1 fully saturated rings. The van der Waals surface area contributed by atoms with Gasteiger partial charge in [-0.05, 0) is 49.9 Å². The molecule has 1 aliphatic carbocycles. The van der Waals surface area contributed by atoms with Gasteiger partial charge < -0.3 is 15.0 Å². The van der Waals surface area contributed by atoms with Crippen molar-refractivity contribution >= 4 is 12.2 Å². The number of nitrogens with zero attached hydrogens (tertiary/aromatic N) is 4. The molecule has 2 aliphatic heterocycles. The van der Waals surface area contributed by atoms with Crippen LogP contribution in [0.4, 0.5) is 4.39 Å². The Labute approximate surface area is 163 Å². The fourth-order valence-electron chi connectivity index (χ4n) is 4.27. The van der Waals surface area contributed by atoms with Crippen LogP contribution >= 0.6 is 0 Å². The second-order valence-electron chi connectivity index (χ2n) is 7.80. The van der Waals surface area contributed by atoms with Gasteiger partial charge in [-0.2, -0.15) is 0 Å². The van der Waals surface area contributed by atoms with Gasteiger partial charge in [0, 0.05) is 30.7 Å². The molecule has 3 aliphatic rings. The highest BCUT2D eigenvalue weighted by molar-refractivity contribution is 5.90. The van der Waals surface area contributed by atoms with Gasteiger partial charge in [0.05, 0.1) is 24.0 Å². The van der Waals surface area contributed by atoms with Crippen molar-refractivity contribution in [3.63, 3.8) is 0 Å². The van der Waals surface area contributed by atoms with Gasteiger partial charge in [0.15, 0.2) is 0 Å². The van der Waals surface area contributed by atoms with Gasteiger partial charge in [0.1, 0.15) is 17.7 Å². The zero-order valence-electron chi connectivity index (χ0n) is 15.7. The minimum atomic E-state index is -0.264. The van der Waals surface area contributed by atoms with Gasteiger partial charge in [-0.3, -0.25) is 0 Å². The minimum absolute atomic E-state index is 0.0174. The molecule has 7 heteroatoms. The first kappa shape index (κ1) is 17.6. The average molecular weight is 381 g/mol. The number of aryl methyl sites for hydroxylation is 1. The third-order valence-electron chi connectivity index (χ3n) is 5.99. The number of halogens is 1. The Balaban J connectivity index is 1.57. The van der Waals surface area contributed by atoms with E-state index >= 15 is 0 Å². The maximum Gasteiger partial charge on any atom is 0.218 e. The van der Waals surface area contributed by atoms with E-state index in [-0.39, 0.29) is 24.5 Å². The van der Waals surface area contributed by atoms with Crippen molar-refractivity contribution in [2.24, 2.45) is 9.98 Å². The first-order valence-corrected chi connectivity index (χ1v) is 10.1. The molecule has 1 saturated carbocycles. The lowest BCUT2D eigenvalue weighted by Gasteiger charge is -2.28. The molecule has 2 atom stereocenters. The van der Waals surface area contributed by atoms with E-state index in [2.05, 4.69) is 14.9 Å². The van der Waals surface area contributed by atoms with E-state index < -0.39 is 0 Å². The van der Waals surface area contributed by atoms with Gasteiger partial charge >= 0.3 is 0 Å². The summed E-state index contributed by atoms with van der Waals surface area (Å²) >= 11 is 0. The Morgan fingerprint density at radius 2 is 2.00 bits per heavy atom. The van der Waals surface area contributed by atoms with Gasteiger partial charge in [0.2, 0.25) is 5.96 Å². The summed E-state index contributed by atoms with van der Waals surface area (Å²) in [6.07, 6.45) is 7.89. The summed E-state index contributed by atoms with van der Waals surface area (Å²) in [7, 11) is 0. The van der Waals surface area contributed by atoms with Gasteiger partial charge in [0.25, 0.3) is 0 Å². The normalized spacial score (nSPS) is 24.0. The Hall–Kier alpha value is -2.54. The van der Waals surface area contributed by atoms with Crippen LogP contribution in [-0.2, 0) is 6.42 Å². The average Bonchev–Trinajstić information content (AvgIpc) is 3.24. The van der Waals surface area contributed by atoms with Gasteiger partial charge in [-0.1, -0.05) is 0 Å². The molecule has 1 aromatic heterocycles. The van der Waals surface area contributed by atoms with Crippen molar-refractivity contribution in [3.05, 3.63) is 41.6 Å². The molecule has 6 nitrogen and oxygen atoms in total. The van der Waals surface area contributed by atoms with Crippen molar-refractivity contribution in [1.82, 2.24) is 14.9 Å². The molecule has 2 unspecified atom stereocenters. The highest BCUT2D eigenvalue weighted by atomic mass is 19.1. The maximum absolute atomic E-state index is 13.4. The molecular formula is C21H24FN5O. The minimum Gasteiger partial charge on any atom is -0.394 e. The van der Waals surface area contributed by atoms with Crippen LogP contribution in [0.25, 0.3) is 11.3 Å². The fraction of sp³-hybridized carbons (Fsp3) is 0.476. The second-order valence-corrected chi connectivity index (χ2v) is 7.80. The smallest absolute Gasteiger partial charge is 0.218 e. The van der Waals surface area contributed by atoms with Gasteiger partial charge in [-0.25, -0.2) is 19.4 Å². The standard InChI is InChI=1S/C21H24FN5O/c22-14-6-4-13(5-7-14)19-20(27-16(12-28)8-9-18(27)26-19)17-10-11-23-21(25-17)24-15-2-1-3-15/h4-7,11,15-17,28H,1-3,8-10,12H2,(H,24,25). The largest absolute Gasteiger partial charge is 0.394 e. The van der Waals surface area contributed by atoms with Crippen LogP contribution in [0.5, 0.6) is 0 Å². The molecule has 5 rings (SSSR count). The monoisotopic (exact) mass is 381 g/mol. The first-order valence-electron chi connectivity index (χ1n) is 10.1. The summed E-state index contributed by atoms with van der Waals surface area (Å²) in [4.78, 5) is 14.2. The number of aliphatic hydroxyl groups excluding tert-OH is 1. The molecule has 0 radical (unpaired) electrons. The van der Waals surface area contributed by atoms with E-state index in [0.29, 0.717) is 18.4 Å². The van der Waals surface area contributed by atoms with E-state index in [0.717, 1.165) is 48.5 Å². The van der Waals surface area contributed by atoms with E-state index in [1.807, 2.05) is 6.21 Å². The fourth-order valence-corrected chi connectivity index (χ4v) is 4.27. The van der Waals surface area contributed by atoms with Crippen LogP contribution in [0.3, 0.4) is 0 Å². The molecule has 0 amide bonds. The Morgan fingerprint density at radius 1 is 1.18 bits per heavy atom. The number of nitrogens with one attached hydrogen (secondary N) is 1. The number of fused-ring (bicyclic) bond motifs is 1. The number of hydrogen-bond acceptors (Lipinski definition) is 5. The summed E-state index contributed by atoms with van der Waals surface area (Å²) in [6, 6.07) is 6.81. The highest BCUT2D eigenvalue weighted by Crippen LogP contribution is 2.39. The highest BCUT2D eigenvalue weighted by Gasteiger charge is 2.33. The summed E-state index contributed by atoms with van der Waals surface area (Å²) in [5, 5.41) is 13.3. The Morgan fingerprint density at radius 3 is 2.71 bits per heavy atom.